The highest BCUT2D eigenvalue weighted by Gasteiger charge is 2.08. The molecule has 0 aliphatic heterocycles. The average molecular weight is 382 g/mol. The molecule has 2 aromatic rings. The SMILES string of the molecule is CCCC(=O)Nc1ccc(NC(=O)CNc2ccc(C(=O)N(C)C)cc2)cc1. The maximum absolute atomic E-state index is 12.1. The smallest absolute Gasteiger partial charge is 0.253 e. The maximum Gasteiger partial charge on any atom is 0.253 e. The Morgan fingerprint density at radius 2 is 1.29 bits per heavy atom. The zero-order valence-electron chi connectivity index (χ0n) is 16.4. The Kier molecular flexibility index (Phi) is 7.56. The van der Waals surface area contributed by atoms with Crippen molar-refractivity contribution in [1.82, 2.24) is 4.90 Å². The summed E-state index contributed by atoms with van der Waals surface area (Å²) in [5.41, 5.74) is 2.68. The first-order chi connectivity index (χ1) is 13.4. The maximum atomic E-state index is 12.1. The summed E-state index contributed by atoms with van der Waals surface area (Å²) in [7, 11) is 3.40. The molecule has 0 saturated heterocycles. The second-order valence-electron chi connectivity index (χ2n) is 6.55. The van der Waals surface area contributed by atoms with E-state index in [2.05, 4.69) is 16.0 Å². The monoisotopic (exact) mass is 382 g/mol. The first kappa shape index (κ1) is 21.0. The number of anilines is 3. The highest BCUT2D eigenvalue weighted by molar-refractivity contribution is 5.95. The van der Waals surface area contributed by atoms with Gasteiger partial charge in [0.2, 0.25) is 11.8 Å². The number of amides is 3. The van der Waals surface area contributed by atoms with Gasteiger partial charge < -0.3 is 20.9 Å². The van der Waals surface area contributed by atoms with Gasteiger partial charge in [-0.05, 0) is 55.0 Å². The Morgan fingerprint density at radius 1 is 0.786 bits per heavy atom. The summed E-state index contributed by atoms with van der Waals surface area (Å²) < 4.78 is 0. The molecule has 2 aromatic carbocycles. The minimum absolute atomic E-state index is 0.0261. The number of hydrogen-bond acceptors (Lipinski definition) is 4. The van der Waals surface area contributed by atoms with E-state index >= 15 is 0 Å². The van der Waals surface area contributed by atoms with Crippen LogP contribution in [0.25, 0.3) is 0 Å². The topological polar surface area (TPSA) is 90.5 Å². The van der Waals surface area contributed by atoms with E-state index in [4.69, 9.17) is 0 Å². The molecule has 0 bridgehead atoms. The third-order valence-corrected chi connectivity index (χ3v) is 3.92. The molecule has 0 aromatic heterocycles. The van der Waals surface area contributed by atoms with Crippen molar-refractivity contribution >= 4 is 34.8 Å². The molecule has 7 heteroatoms. The second kappa shape index (κ2) is 10.1. The molecule has 2 rings (SSSR count). The van der Waals surface area contributed by atoms with Gasteiger partial charge in [-0.15, -0.1) is 0 Å². The lowest BCUT2D eigenvalue weighted by Crippen LogP contribution is -2.22. The summed E-state index contributed by atoms with van der Waals surface area (Å²) in [5.74, 6) is -0.295. The number of nitrogens with one attached hydrogen (secondary N) is 3. The molecular formula is C21H26N4O3. The Balaban J connectivity index is 1.82. The third-order valence-electron chi connectivity index (χ3n) is 3.92. The first-order valence-electron chi connectivity index (χ1n) is 9.14. The van der Waals surface area contributed by atoms with E-state index in [9.17, 15) is 14.4 Å². The molecule has 3 amide bonds. The molecule has 0 aliphatic carbocycles. The molecule has 0 heterocycles. The summed E-state index contributed by atoms with van der Waals surface area (Å²) in [6.07, 6.45) is 1.27. The molecule has 0 spiro atoms. The van der Waals surface area contributed by atoms with Gasteiger partial charge in [-0.1, -0.05) is 6.92 Å². The van der Waals surface area contributed by atoms with Crippen LogP contribution in [0.15, 0.2) is 48.5 Å². The molecule has 3 N–H and O–H groups in total. The lowest BCUT2D eigenvalue weighted by Gasteiger charge is -2.11. The second-order valence-corrected chi connectivity index (χ2v) is 6.55. The van der Waals surface area contributed by atoms with Crippen LogP contribution < -0.4 is 16.0 Å². The van der Waals surface area contributed by atoms with Crippen LogP contribution in [-0.4, -0.2) is 43.3 Å². The number of rotatable bonds is 8. The van der Waals surface area contributed by atoms with E-state index in [1.54, 1.807) is 62.6 Å². The van der Waals surface area contributed by atoms with E-state index in [1.807, 2.05) is 6.92 Å². The third kappa shape index (κ3) is 6.42. The van der Waals surface area contributed by atoms with Crippen molar-refractivity contribution in [3.63, 3.8) is 0 Å². The van der Waals surface area contributed by atoms with Crippen molar-refractivity contribution in [2.24, 2.45) is 0 Å². The Bertz CT molecular complexity index is 815. The number of hydrogen-bond donors (Lipinski definition) is 3. The predicted molar refractivity (Wildman–Crippen MR) is 112 cm³/mol. The van der Waals surface area contributed by atoms with Gasteiger partial charge in [-0.2, -0.15) is 0 Å². The van der Waals surface area contributed by atoms with Crippen molar-refractivity contribution in [3.05, 3.63) is 54.1 Å². The lowest BCUT2D eigenvalue weighted by atomic mass is 10.2. The van der Waals surface area contributed by atoms with Crippen molar-refractivity contribution < 1.29 is 14.4 Å². The molecule has 0 saturated carbocycles. The molecule has 0 unspecified atom stereocenters. The summed E-state index contributed by atoms with van der Waals surface area (Å²) in [5, 5.41) is 8.60. The van der Waals surface area contributed by atoms with Crippen LogP contribution in [-0.2, 0) is 9.59 Å². The van der Waals surface area contributed by atoms with Gasteiger partial charge in [0, 0.05) is 43.1 Å². The van der Waals surface area contributed by atoms with E-state index in [0.29, 0.717) is 23.4 Å². The van der Waals surface area contributed by atoms with Crippen LogP contribution in [0.3, 0.4) is 0 Å². The summed E-state index contributed by atoms with van der Waals surface area (Å²) in [4.78, 5) is 37.0. The van der Waals surface area contributed by atoms with Crippen molar-refractivity contribution in [3.8, 4) is 0 Å². The Morgan fingerprint density at radius 3 is 1.79 bits per heavy atom. The van der Waals surface area contributed by atoms with E-state index in [1.165, 1.54) is 4.90 Å². The zero-order valence-corrected chi connectivity index (χ0v) is 16.4. The minimum atomic E-state index is -0.198. The van der Waals surface area contributed by atoms with Crippen LogP contribution in [0.2, 0.25) is 0 Å². The van der Waals surface area contributed by atoms with Crippen molar-refractivity contribution in [1.29, 1.82) is 0 Å². The fourth-order valence-corrected chi connectivity index (χ4v) is 2.46. The highest BCUT2D eigenvalue weighted by atomic mass is 16.2. The molecule has 148 valence electrons. The summed E-state index contributed by atoms with van der Waals surface area (Å²) in [6, 6.07) is 13.9. The van der Waals surface area contributed by atoms with E-state index < -0.39 is 0 Å². The largest absolute Gasteiger partial charge is 0.376 e. The van der Waals surface area contributed by atoms with Crippen LogP contribution in [0.1, 0.15) is 30.1 Å². The fraction of sp³-hybridized carbons (Fsp3) is 0.286. The zero-order chi connectivity index (χ0) is 20.5. The quantitative estimate of drug-likeness (QED) is 0.654. The number of benzene rings is 2. The van der Waals surface area contributed by atoms with Gasteiger partial charge in [-0.25, -0.2) is 0 Å². The lowest BCUT2D eigenvalue weighted by molar-refractivity contribution is -0.116. The van der Waals surface area contributed by atoms with Gasteiger partial charge >= 0.3 is 0 Å². The summed E-state index contributed by atoms with van der Waals surface area (Å²) >= 11 is 0. The number of carbonyl (C=O) groups excluding carboxylic acids is 3. The fourth-order valence-electron chi connectivity index (χ4n) is 2.46. The molecule has 0 fully saturated rings. The van der Waals surface area contributed by atoms with E-state index in [-0.39, 0.29) is 24.3 Å². The normalized spacial score (nSPS) is 10.1. The average Bonchev–Trinajstić information content (AvgIpc) is 2.68. The van der Waals surface area contributed by atoms with Crippen LogP contribution >= 0.6 is 0 Å². The van der Waals surface area contributed by atoms with Crippen LogP contribution in [0.5, 0.6) is 0 Å². The minimum Gasteiger partial charge on any atom is -0.376 e. The molecular weight excluding hydrogens is 356 g/mol. The van der Waals surface area contributed by atoms with Gasteiger partial charge in [0.25, 0.3) is 5.91 Å². The van der Waals surface area contributed by atoms with Gasteiger partial charge in [0.15, 0.2) is 0 Å². The van der Waals surface area contributed by atoms with Gasteiger partial charge in [0.1, 0.15) is 0 Å². The van der Waals surface area contributed by atoms with E-state index in [0.717, 1.165) is 12.1 Å². The Hall–Kier alpha value is -3.35. The molecule has 0 atom stereocenters. The molecule has 7 nitrogen and oxygen atoms in total. The van der Waals surface area contributed by atoms with Gasteiger partial charge in [0.05, 0.1) is 6.54 Å². The molecule has 0 aliphatic rings. The molecule has 0 radical (unpaired) electrons. The van der Waals surface area contributed by atoms with Crippen molar-refractivity contribution in [2.75, 3.05) is 36.6 Å². The van der Waals surface area contributed by atoms with Crippen molar-refractivity contribution in [2.45, 2.75) is 19.8 Å². The van der Waals surface area contributed by atoms with Gasteiger partial charge in [-0.3, -0.25) is 14.4 Å². The Labute approximate surface area is 165 Å². The van der Waals surface area contributed by atoms with Crippen LogP contribution in [0.4, 0.5) is 17.1 Å². The predicted octanol–water partition coefficient (Wildman–Crippen LogP) is 3.18. The highest BCUT2D eigenvalue weighted by Crippen LogP contribution is 2.14. The molecule has 28 heavy (non-hydrogen) atoms. The standard InChI is InChI=1S/C21H26N4O3/c1-4-5-19(26)23-17-10-12-18(13-11-17)24-20(27)14-22-16-8-6-15(7-9-16)21(28)25(2)3/h6-13,22H,4-5,14H2,1-3H3,(H,23,26)(H,24,27). The first-order valence-corrected chi connectivity index (χ1v) is 9.14. The number of carbonyl (C=O) groups is 3. The number of nitrogens with zero attached hydrogens (tertiary/aromatic N) is 1. The van der Waals surface area contributed by atoms with Crippen LogP contribution in [0, 0.1) is 0 Å². The summed E-state index contributed by atoms with van der Waals surface area (Å²) in [6.45, 7) is 2.04.